The van der Waals surface area contributed by atoms with Crippen LogP contribution in [0, 0.1) is 0 Å². The highest BCUT2D eigenvalue weighted by Crippen LogP contribution is 2.44. The maximum Gasteiger partial charge on any atom is 0.168 e. The summed E-state index contributed by atoms with van der Waals surface area (Å²) in [6.45, 7) is 18.3. The summed E-state index contributed by atoms with van der Waals surface area (Å²) in [6.07, 6.45) is 9.30. The Kier molecular flexibility index (Phi) is 6.66. The molecule has 0 atom stereocenters. The van der Waals surface area contributed by atoms with E-state index in [1.54, 1.807) is 14.2 Å². The van der Waals surface area contributed by atoms with Crippen LogP contribution in [-0.2, 0) is 10.8 Å². The molecule has 0 aromatic heterocycles. The monoisotopic (exact) mass is 517 g/mol. The van der Waals surface area contributed by atoms with Crippen LogP contribution < -0.4 is 19.9 Å². The van der Waals surface area contributed by atoms with Crippen LogP contribution in [0.5, 0.6) is 11.5 Å². The van der Waals surface area contributed by atoms with Crippen LogP contribution in [0.3, 0.4) is 0 Å². The van der Waals surface area contributed by atoms with Gasteiger partial charge in [-0.05, 0) is 110 Å². The van der Waals surface area contributed by atoms with Crippen molar-refractivity contribution in [3.63, 3.8) is 0 Å². The molecule has 0 spiro atoms. The molecule has 0 saturated carbocycles. The minimum Gasteiger partial charge on any atom is -0.493 e. The fourth-order valence-electron chi connectivity index (χ4n) is 6.08. The molecule has 0 unspecified atom stereocenters. The Balaban J connectivity index is 1.93. The molecule has 39 heavy (non-hydrogen) atoms. The first-order chi connectivity index (χ1) is 18.4. The highest BCUT2D eigenvalue weighted by molar-refractivity contribution is 6.03. The molecule has 0 amide bonds. The van der Waals surface area contributed by atoms with E-state index < -0.39 is 0 Å². The number of fused-ring (bicyclic) bond motifs is 3. The van der Waals surface area contributed by atoms with Gasteiger partial charge in [0.1, 0.15) is 0 Å². The quantitative estimate of drug-likeness (QED) is 0.273. The van der Waals surface area contributed by atoms with Crippen LogP contribution in [0.15, 0.2) is 54.6 Å². The van der Waals surface area contributed by atoms with E-state index in [9.17, 15) is 0 Å². The normalized spacial score (nSPS) is 14.3. The second-order valence-corrected chi connectivity index (χ2v) is 13.0. The van der Waals surface area contributed by atoms with Gasteiger partial charge in [-0.3, -0.25) is 0 Å². The van der Waals surface area contributed by atoms with Crippen LogP contribution in [0.4, 0.5) is 0 Å². The van der Waals surface area contributed by atoms with Crippen molar-refractivity contribution in [2.24, 2.45) is 0 Å². The summed E-state index contributed by atoms with van der Waals surface area (Å²) in [6, 6.07) is 15.5. The first-order valence-corrected chi connectivity index (χ1v) is 13.9. The second-order valence-electron chi connectivity index (χ2n) is 13.0. The number of benzene rings is 3. The molecule has 2 heteroatoms. The van der Waals surface area contributed by atoms with Gasteiger partial charge in [0.05, 0.1) is 14.2 Å². The van der Waals surface area contributed by atoms with E-state index in [1.165, 1.54) is 60.5 Å². The van der Waals surface area contributed by atoms with E-state index in [-0.39, 0.29) is 10.8 Å². The topological polar surface area (TPSA) is 18.5 Å². The lowest BCUT2D eigenvalue weighted by atomic mass is 9.76. The van der Waals surface area contributed by atoms with Gasteiger partial charge in [0.15, 0.2) is 11.5 Å². The van der Waals surface area contributed by atoms with Crippen molar-refractivity contribution in [1.29, 1.82) is 0 Å². The lowest BCUT2D eigenvalue weighted by molar-refractivity contribution is 0.354. The molecule has 2 aliphatic rings. The first-order valence-electron chi connectivity index (χ1n) is 13.9. The van der Waals surface area contributed by atoms with Gasteiger partial charge in [-0.15, -0.1) is 0 Å². The standard InChI is InChI=1S/C37H41O2/c1-22(2)29-21-30-25-18-17-24(36(3,4)5)19-23(25)20-31(30)33(34(29)37(6,7)8)27-14-11-13-26(27)28-15-12-16-32(38-9)35(28)39-10/h11-13,15-19,21H,14H2,1-10H3. The van der Waals surface area contributed by atoms with Gasteiger partial charge in [0, 0.05) is 5.56 Å². The number of rotatable bonds is 4. The average molecular weight is 518 g/mol. The first kappa shape index (κ1) is 27.1. The van der Waals surface area contributed by atoms with Crippen molar-refractivity contribution in [1.82, 2.24) is 0 Å². The molecule has 0 bridgehead atoms. The van der Waals surface area contributed by atoms with Gasteiger partial charge >= 0.3 is 0 Å². The SMILES string of the molecule is COc1cccc(C2=C(c3c(C(C)(C)C)c(=C(C)C)cc4c3=[C]c3cc(C(C)(C)C)ccc3-4)CC=C2)c1OC. The molecular formula is C37H41O2. The number of para-hydroxylation sites is 1. The van der Waals surface area contributed by atoms with Crippen LogP contribution in [0.1, 0.15) is 89.6 Å². The lowest BCUT2D eigenvalue weighted by Crippen LogP contribution is -2.31. The number of hydrogen-bond donors (Lipinski definition) is 0. The molecule has 3 aromatic carbocycles. The maximum absolute atomic E-state index is 5.90. The molecular weight excluding hydrogens is 476 g/mol. The van der Waals surface area contributed by atoms with Crippen molar-refractivity contribution in [2.75, 3.05) is 14.2 Å². The zero-order valence-corrected chi connectivity index (χ0v) is 25.2. The van der Waals surface area contributed by atoms with Crippen molar-refractivity contribution in [3.05, 3.63) is 92.9 Å². The van der Waals surface area contributed by atoms with E-state index in [4.69, 9.17) is 9.47 Å². The predicted octanol–water partition coefficient (Wildman–Crippen LogP) is 8.05. The largest absolute Gasteiger partial charge is 0.493 e. The van der Waals surface area contributed by atoms with E-state index in [2.05, 4.69) is 104 Å². The van der Waals surface area contributed by atoms with Crippen LogP contribution in [0.25, 0.3) is 33.9 Å². The van der Waals surface area contributed by atoms with Crippen molar-refractivity contribution < 1.29 is 9.47 Å². The van der Waals surface area contributed by atoms with Crippen molar-refractivity contribution >= 4 is 22.8 Å². The third kappa shape index (κ3) is 4.54. The summed E-state index contributed by atoms with van der Waals surface area (Å²) >= 11 is 0. The molecule has 0 fully saturated rings. The molecule has 2 nitrogen and oxygen atoms in total. The predicted molar refractivity (Wildman–Crippen MR) is 166 cm³/mol. The molecule has 0 N–H and O–H groups in total. The molecule has 201 valence electrons. The summed E-state index contributed by atoms with van der Waals surface area (Å²) in [4.78, 5) is 0. The van der Waals surface area contributed by atoms with E-state index in [0.29, 0.717) is 0 Å². The van der Waals surface area contributed by atoms with E-state index in [1.807, 2.05) is 12.1 Å². The minimum absolute atomic E-state index is 0.0663. The fraction of sp³-hybridized carbons (Fsp3) is 0.351. The van der Waals surface area contributed by atoms with Gasteiger partial charge in [0.2, 0.25) is 0 Å². The molecule has 3 aromatic rings. The molecule has 2 aliphatic carbocycles. The lowest BCUT2D eigenvalue weighted by Gasteiger charge is -2.27. The average Bonchev–Trinajstić information content (AvgIpc) is 3.50. The highest BCUT2D eigenvalue weighted by atomic mass is 16.5. The molecule has 1 radical (unpaired) electrons. The summed E-state index contributed by atoms with van der Waals surface area (Å²) in [7, 11) is 3.42. The Hall–Kier alpha value is -3.52. The second kappa shape index (κ2) is 9.59. The van der Waals surface area contributed by atoms with Crippen LogP contribution in [-0.4, -0.2) is 14.2 Å². The fourth-order valence-corrected chi connectivity index (χ4v) is 6.08. The Morgan fingerprint density at radius 1 is 0.821 bits per heavy atom. The van der Waals surface area contributed by atoms with Gasteiger partial charge in [-0.25, -0.2) is 0 Å². The molecule has 5 rings (SSSR count). The summed E-state index contributed by atoms with van der Waals surface area (Å²) < 4.78 is 11.6. The molecule has 0 saturated heterocycles. The highest BCUT2D eigenvalue weighted by Gasteiger charge is 2.30. The van der Waals surface area contributed by atoms with Gasteiger partial charge in [-0.1, -0.05) is 83.5 Å². The van der Waals surface area contributed by atoms with Crippen LogP contribution >= 0.6 is 0 Å². The minimum atomic E-state index is -0.0663. The summed E-state index contributed by atoms with van der Waals surface area (Å²) in [5.41, 5.74) is 12.7. The Morgan fingerprint density at radius 3 is 2.18 bits per heavy atom. The van der Waals surface area contributed by atoms with E-state index in [0.717, 1.165) is 23.5 Å². The zero-order valence-electron chi connectivity index (χ0n) is 25.2. The summed E-state index contributed by atoms with van der Waals surface area (Å²) in [5.74, 6) is 1.52. The maximum atomic E-state index is 5.90. The van der Waals surface area contributed by atoms with Gasteiger partial charge in [0.25, 0.3) is 0 Å². The van der Waals surface area contributed by atoms with Crippen molar-refractivity contribution in [3.8, 4) is 22.6 Å². The van der Waals surface area contributed by atoms with Gasteiger partial charge < -0.3 is 9.47 Å². The third-order valence-electron chi connectivity index (χ3n) is 7.98. The van der Waals surface area contributed by atoms with Gasteiger partial charge in [-0.2, -0.15) is 0 Å². The Labute approximate surface area is 234 Å². The number of allylic oxidation sites excluding steroid dienone is 4. The number of ether oxygens (including phenoxy) is 2. The van der Waals surface area contributed by atoms with E-state index >= 15 is 0 Å². The number of hydrogen-bond acceptors (Lipinski definition) is 2. The van der Waals surface area contributed by atoms with Crippen molar-refractivity contribution in [2.45, 2.75) is 72.6 Å². The zero-order chi connectivity index (χ0) is 28.3. The Bertz CT molecular complexity index is 1660. The number of methoxy groups -OCH3 is 2. The molecule has 0 aliphatic heterocycles. The third-order valence-corrected chi connectivity index (χ3v) is 7.98. The smallest absolute Gasteiger partial charge is 0.168 e. The van der Waals surface area contributed by atoms with Crippen LogP contribution in [0.2, 0.25) is 0 Å². The Morgan fingerprint density at radius 2 is 1.56 bits per heavy atom. The summed E-state index contributed by atoms with van der Waals surface area (Å²) in [5, 5.41) is 2.55. The molecule has 0 heterocycles.